The van der Waals surface area contributed by atoms with E-state index in [-0.39, 0.29) is 11.8 Å². The molecule has 216 valence electrons. The first kappa shape index (κ1) is 35.9. The summed E-state index contributed by atoms with van der Waals surface area (Å²) in [6.07, 6.45) is 15.4. The molecule has 0 saturated heterocycles. The second kappa shape index (κ2) is 21.8. The number of carbonyl (C=O) groups excluding carboxylic acids is 1. The monoisotopic (exact) mass is 550 g/mol. The van der Waals surface area contributed by atoms with E-state index >= 15 is 0 Å². The zero-order valence-electron chi connectivity index (χ0n) is 24.8. The van der Waals surface area contributed by atoms with Crippen LogP contribution in [0.5, 0.6) is 0 Å². The van der Waals surface area contributed by atoms with Gasteiger partial charge < -0.3 is 26.6 Å². The molecule has 0 amide bonds. The molecule has 7 nitrogen and oxygen atoms in total. The Hall–Kier alpha value is -0.136. The summed E-state index contributed by atoms with van der Waals surface area (Å²) in [6.45, 7) is 4.34. The fourth-order valence-corrected chi connectivity index (χ4v) is 8.66. The SMILES string of the molecule is CCC(CCCCCCC[Si](OC)(OC)OC)C(=O)C(CC)CCCCCCC[Si](OC)(OC)OC. The number of unbranched alkanes of at least 4 members (excludes halogenated alkanes) is 8. The summed E-state index contributed by atoms with van der Waals surface area (Å²) in [6, 6.07) is 1.72. The minimum Gasteiger partial charge on any atom is -0.377 e. The summed E-state index contributed by atoms with van der Waals surface area (Å²) >= 11 is 0. The molecule has 0 rings (SSSR count). The molecule has 0 aromatic rings. The molecule has 0 N–H and O–H groups in total. The van der Waals surface area contributed by atoms with Gasteiger partial charge >= 0.3 is 17.6 Å². The molecule has 2 atom stereocenters. The highest BCUT2D eigenvalue weighted by molar-refractivity contribution is 6.60. The van der Waals surface area contributed by atoms with Crippen molar-refractivity contribution >= 4 is 23.4 Å². The summed E-state index contributed by atoms with van der Waals surface area (Å²) in [5.74, 6) is 0.952. The topological polar surface area (TPSA) is 72.5 Å². The number of ketones is 1. The van der Waals surface area contributed by atoms with E-state index in [0.29, 0.717) is 5.78 Å². The van der Waals surface area contributed by atoms with Crippen molar-refractivity contribution in [3.63, 3.8) is 0 Å². The molecule has 2 unspecified atom stereocenters. The molecular weight excluding hydrogens is 492 g/mol. The van der Waals surface area contributed by atoms with Crippen LogP contribution >= 0.6 is 0 Å². The summed E-state index contributed by atoms with van der Waals surface area (Å²) in [7, 11) is 5.16. The van der Waals surface area contributed by atoms with E-state index in [4.69, 9.17) is 26.6 Å². The third-order valence-corrected chi connectivity index (χ3v) is 13.4. The predicted octanol–water partition coefficient (Wildman–Crippen LogP) is 7.05. The van der Waals surface area contributed by atoms with Gasteiger partial charge in [0, 0.05) is 66.6 Å². The maximum atomic E-state index is 13.2. The zero-order chi connectivity index (χ0) is 27.3. The molecular formula is C27H58O7Si2. The van der Waals surface area contributed by atoms with Crippen LogP contribution in [0.3, 0.4) is 0 Å². The summed E-state index contributed by atoms with van der Waals surface area (Å²) in [4.78, 5) is 13.2. The Kier molecular flexibility index (Phi) is 21.7. The molecule has 36 heavy (non-hydrogen) atoms. The van der Waals surface area contributed by atoms with Crippen LogP contribution in [0.4, 0.5) is 0 Å². The molecule has 0 radical (unpaired) electrons. The maximum Gasteiger partial charge on any atom is 0.500 e. The quantitative estimate of drug-likeness (QED) is 0.0844. The summed E-state index contributed by atoms with van der Waals surface area (Å²) in [5.41, 5.74) is 0. The van der Waals surface area contributed by atoms with Gasteiger partial charge in [-0.05, 0) is 38.5 Å². The Labute approximate surface area is 225 Å². The Bertz CT molecular complexity index is 468. The fraction of sp³-hybridized carbons (Fsp3) is 0.963. The summed E-state index contributed by atoms with van der Waals surface area (Å²) < 4.78 is 32.9. The highest BCUT2D eigenvalue weighted by Gasteiger charge is 2.37. The highest BCUT2D eigenvalue weighted by atomic mass is 28.4. The van der Waals surface area contributed by atoms with Gasteiger partial charge in [0.05, 0.1) is 0 Å². The van der Waals surface area contributed by atoms with Gasteiger partial charge in [0.1, 0.15) is 5.78 Å². The van der Waals surface area contributed by atoms with Crippen LogP contribution in [0.25, 0.3) is 0 Å². The van der Waals surface area contributed by atoms with Gasteiger partial charge in [-0.15, -0.1) is 0 Å². The molecule has 0 aromatic carbocycles. The lowest BCUT2D eigenvalue weighted by atomic mass is 9.83. The van der Waals surface area contributed by atoms with Gasteiger partial charge in [-0.25, -0.2) is 0 Å². The van der Waals surface area contributed by atoms with E-state index < -0.39 is 17.6 Å². The normalized spacial score (nSPS) is 14.2. The molecule has 0 spiro atoms. The van der Waals surface area contributed by atoms with Crippen LogP contribution in [0, 0.1) is 11.8 Å². The van der Waals surface area contributed by atoms with Crippen LogP contribution in [0.1, 0.15) is 104 Å². The number of Topliss-reactive ketones (excluding diaryl/α,β-unsaturated/α-hetero) is 1. The van der Waals surface area contributed by atoms with E-state index in [1.165, 1.54) is 25.7 Å². The average Bonchev–Trinajstić information content (AvgIpc) is 2.92. The average molecular weight is 551 g/mol. The smallest absolute Gasteiger partial charge is 0.377 e. The molecule has 0 fully saturated rings. The Morgan fingerprint density at radius 2 is 0.778 bits per heavy atom. The van der Waals surface area contributed by atoms with E-state index in [0.717, 1.165) is 76.3 Å². The van der Waals surface area contributed by atoms with Gasteiger partial charge in [-0.3, -0.25) is 4.79 Å². The Balaban J connectivity index is 4.15. The summed E-state index contributed by atoms with van der Waals surface area (Å²) in [5, 5.41) is 0. The second-order valence-corrected chi connectivity index (χ2v) is 16.0. The van der Waals surface area contributed by atoms with Crippen LogP contribution < -0.4 is 0 Å². The Morgan fingerprint density at radius 3 is 1.06 bits per heavy atom. The lowest BCUT2D eigenvalue weighted by molar-refractivity contribution is -0.127. The van der Waals surface area contributed by atoms with Gasteiger partial charge in [0.2, 0.25) is 0 Å². The van der Waals surface area contributed by atoms with Crippen molar-refractivity contribution in [3.05, 3.63) is 0 Å². The first-order valence-electron chi connectivity index (χ1n) is 14.2. The molecule has 0 aliphatic rings. The first-order chi connectivity index (χ1) is 17.4. The van der Waals surface area contributed by atoms with E-state index in [2.05, 4.69) is 13.8 Å². The Morgan fingerprint density at radius 1 is 0.500 bits per heavy atom. The third-order valence-electron chi connectivity index (χ3n) is 7.73. The maximum absolute atomic E-state index is 13.2. The standard InChI is InChI=1S/C27H58O7Si2/c1-9-25(21-17-13-11-15-19-23-35(29-3,30-4)31-5)27(28)26(10-2)22-18-14-12-16-20-24-36(32-6,33-7)34-8/h25-26H,9-24H2,1-8H3. The minimum absolute atomic E-state index is 0.223. The van der Waals surface area contributed by atoms with E-state index in [1.807, 2.05) is 0 Å². The lowest BCUT2D eigenvalue weighted by Gasteiger charge is -2.24. The van der Waals surface area contributed by atoms with Gasteiger partial charge in [-0.2, -0.15) is 0 Å². The predicted molar refractivity (Wildman–Crippen MR) is 151 cm³/mol. The van der Waals surface area contributed by atoms with Gasteiger partial charge in [0.15, 0.2) is 0 Å². The van der Waals surface area contributed by atoms with Crippen molar-refractivity contribution in [1.29, 1.82) is 0 Å². The van der Waals surface area contributed by atoms with E-state index in [9.17, 15) is 4.79 Å². The minimum atomic E-state index is -2.43. The van der Waals surface area contributed by atoms with Crippen molar-refractivity contribution in [2.24, 2.45) is 11.8 Å². The largest absolute Gasteiger partial charge is 0.500 e. The number of hydrogen-bond donors (Lipinski definition) is 0. The van der Waals surface area contributed by atoms with Crippen molar-refractivity contribution < 1.29 is 31.4 Å². The highest BCUT2D eigenvalue weighted by Crippen LogP contribution is 2.26. The van der Waals surface area contributed by atoms with Crippen molar-refractivity contribution in [2.75, 3.05) is 42.7 Å². The van der Waals surface area contributed by atoms with Gasteiger partial charge in [0.25, 0.3) is 0 Å². The molecule has 0 bridgehead atoms. The molecule has 0 aromatic heterocycles. The molecule has 9 heteroatoms. The zero-order valence-corrected chi connectivity index (χ0v) is 26.8. The molecule has 0 aliphatic heterocycles. The second-order valence-electron chi connectivity index (χ2n) is 9.82. The van der Waals surface area contributed by atoms with Crippen molar-refractivity contribution in [3.8, 4) is 0 Å². The molecule has 0 saturated carbocycles. The molecule has 0 heterocycles. The number of hydrogen-bond acceptors (Lipinski definition) is 7. The van der Waals surface area contributed by atoms with Crippen molar-refractivity contribution in [1.82, 2.24) is 0 Å². The van der Waals surface area contributed by atoms with Gasteiger partial charge in [-0.1, -0.05) is 65.2 Å². The molecule has 0 aliphatic carbocycles. The number of rotatable bonds is 26. The van der Waals surface area contributed by atoms with Crippen LogP contribution in [0.15, 0.2) is 0 Å². The van der Waals surface area contributed by atoms with Crippen LogP contribution in [0.2, 0.25) is 12.1 Å². The van der Waals surface area contributed by atoms with Crippen LogP contribution in [-0.2, 0) is 31.4 Å². The van der Waals surface area contributed by atoms with E-state index in [1.54, 1.807) is 42.7 Å². The van der Waals surface area contributed by atoms with Crippen molar-refractivity contribution in [2.45, 2.75) is 116 Å². The van der Waals surface area contributed by atoms with Crippen LogP contribution in [-0.4, -0.2) is 66.1 Å². The number of carbonyl (C=O) groups is 1. The fourth-order valence-electron chi connectivity index (χ4n) is 5.07. The first-order valence-corrected chi connectivity index (χ1v) is 18.1. The lowest BCUT2D eigenvalue weighted by Crippen LogP contribution is -2.42. The third kappa shape index (κ3) is 13.6.